The standard InChI is InChI=1S/C18H22BrN3O3/c1-4-24-15-8-12-6-7-22(11-13(12)9-16(15)25-5-2)14-10-20-21(3)18(23)17(14)19/h8-10H,4-7,11H2,1-3H3. The molecule has 2 heterocycles. The van der Waals surface area contributed by atoms with Crippen LogP contribution in [0.2, 0.25) is 0 Å². The molecule has 1 aromatic heterocycles. The lowest BCUT2D eigenvalue weighted by atomic mass is 9.98. The van der Waals surface area contributed by atoms with Gasteiger partial charge >= 0.3 is 0 Å². The van der Waals surface area contributed by atoms with E-state index in [-0.39, 0.29) is 5.56 Å². The lowest BCUT2D eigenvalue weighted by molar-refractivity contribution is 0.287. The largest absolute Gasteiger partial charge is 0.490 e. The molecule has 0 unspecified atom stereocenters. The normalized spacial score (nSPS) is 13.5. The van der Waals surface area contributed by atoms with Gasteiger partial charge in [-0.15, -0.1) is 0 Å². The molecule has 0 saturated heterocycles. The number of fused-ring (bicyclic) bond motifs is 1. The van der Waals surface area contributed by atoms with Gasteiger partial charge in [-0.05, 0) is 59.5 Å². The van der Waals surface area contributed by atoms with Gasteiger partial charge in [0.05, 0.1) is 25.1 Å². The van der Waals surface area contributed by atoms with Crippen molar-refractivity contribution in [3.8, 4) is 11.5 Å². The van der Waals surface area contributed by atoms with Gasteiger partial charge < -0.3 is 14.4 Å². The molecule has 0 N–H and O–H groups in total. The van der Waals surface area contributed by atoms with Crippen LogP contribution in [0.4, 0.5) is 5.69 Å². The predicted molar refractivity (Wildman–Crippen MR) is 101 cm³/mol. The molecule has 0 spiro atoms. The number of hydrogen-bond acceptors (Lipinski definition) is 5. The van der Waals surface area contributed by atoms with E-state index in [0.717, 1.165) is 30.2 Å². The van der Waals surface area contributed by atoms with E-state index in [9.17, 15) is 4.79 Å². The van der Waals surface area contributed by atoms with Crippen LogP contribution in [0.5, 0.6) is 11.5 Å². The highest BCUT2D eigenvalue weighted by atomic mass is 79.9. The zero-order valence-electron chi connectivity index (χ0n) is 14.7. The average Bonchev–Trinajstić information content (AvgIpc) is 2.60. The summed E-state index contributed by atoms with van der Waals surface area (Å²) >= 11 is 3.42. The molecular weight excluding hydrogens is 386 g/mol. The molecule has 0 radical (unpaired) electrons. The highest BCUT2D eigenvalue weighted by molar-refractivity contribution is 9.10. The minimum Gasteiger partial charge on any atom is -0.490 e. The van der Waals surface area contributed by atoms with Gasteiger partial charge in [-0.1, -0.05) is 0 Å². The predicted octanol–water partition coefficient (Wildman–Crippen LogP) is 2.90. The van der Waals surface area contributed by atoms with E-state index >= 15 is 0 Å². The van der Waals surface area contributed by atoms with E-state index in [1.807, 2.05) is 13.8 Å². The third-order valence-corrected chi connectivity index (χ3v) is 5.02. The Labute approximate surface area is 155 Å². The maximum absolute atomic E-state index is 12.1. The topological polar surface area (TPSA) is 56.6 Å². The Morgan fingerprint density at radius 2 is 1.80 bits per heavy atom. The first kappa shape index (κ1) is 17.8. The number of anilines is 1. The van der Waals surface area contributed by atoms with E-state index in [1.165, 1.54) is 15.8 Å². The zero-order valence-corrected chi connectivity index (χ0v) is 16.3. The summed E-state index contributed by atoms with van der Waals surface area (Å²) in [6, 6.07) is 4.14. The lowest BCUT2D eigenvalue weighted by Crippen LogP contribution is -2.33. The summed E-state index contributed by atoms with van der Waals surface area (Å²) < 4.78 is 13.3. The van der Waals surface area contributed by atoms with Gasteiger partial charge in [0.15, 0.2) is 11.5 Å². The number of hydrogen-bond donors (Lipinski definition) is 0. The van der Waals surface area contributed by atoms with Crippen LogP contribution >= 0.6 is 15.9 Å². The molecule has 0 bridgehead atoms. The van der Waals surface area contributed by atoms with E-state index < -0.39 is 0 Å². The van der Waals surface area contributed by atoms with Gasteiger partial charge in [-0.2, -0.15) is 5.10 Å². The Kier molecular flexibility index (Phi) is 5.32. The smallest absolute Gasteiger partial charge is 0.282 e. The van der Waals surface area contributed by atoms with Crippen molar-refractivity contribution in [2.24, 2.45) is 7.05 Å². The summed E-state index contributed by atoms with van der Waals surface area (Å²) in [6.07, 6.45) is 2.61. The maximum atomic E-state index is 12.1. The third-order valence-electron chi connectivity index (χ3n) is 4.28. The molecule has 134 valence electrons. The first-order chi connectivity index (χ1) is 12.0. The molecule has 7 heteroatoms. The van der Waals surface area contributed by atoms with Crippen LogP contribution in [0.3, 0.4) is 0 Å². The molecule has 1 aliphatic heterocycles. The van der Waals surface area contributed by atoms with Gasteiger partial charge in [0, 0.05) is 20.1 Å². The van der Waals surface area contributed by atoms with Crippen LogP contribution in [-0.2, 0) is 20.0 Å². The van der Waals surface area contributed by atoms with Gasteiger partial charge in [0.25, 0.3) is 5.56 Å². The summed E-state index contributed by atoms with van der Waals surface area (Å²) in [5.74, 6) is 1.57. The number of nitrogens with zero attached hydrogens (tertiary/aromatic N) is 3. The van der Waals surface area contributed by atoms with E-state index in [1.54, 1.807) is 13.2 Å². The monoisotopic (exact) mass is 407 g/mol. The van der Waals surface area contributed by atoms with Crippen molar-refractivity contribution in [1.29, 1.82) is 0 Å². The number of aryl methyl sites for hydroxylation is 1. The highest BCUT2D eigenvalue weighted by Gasteiger charge is 2.22. The summed E-state index contributed by atoms with van der Waals surface area (Å²) in [7, 11) is 1.64. The number of ether oxygens (including phenoxy) is 2. The molecule has 1 aromatic carbocycles. The van der Waals surface area contributed by atoms with Crippen LogP contribution in [0.25, 0.3) is 0 Å². The fourth-order valence-electron chi connectivity index (χ4n) is 3.03. The van der Waals surface area contributed by atoms with Gasteiger partial charge in [0.1, 0.15) is 4.47 Å². The van der Waals surface area contributed by atoms with Crippen LogP contribution in [0.1, 0.15) is 25.0 Å². The van der Waals surface area contributed by atoms with Crippen molar-refractivity contribution in [2.75, 3.05) is 24.7 Å². The van der Waals surface area contributed by atoms with Crippen molar-refractivity contribution < 1.29 is 9.47 Å². The molecule has 0 atom stereocenters. The van der Waals surface area contributed by atoms with Crippen LogP contribution in [0, 0.1) is 0 Å². The molecule has 6 nitrogen and oxygen atoms in total. The van der Waals surface area contributed by atoms with Crippen molar-refractivity contribution in [2.45, 2.75) is 26.8 Å². The Hall–Kier alpha value is -2.02. The molecule has 0 amide bonds. The van der Waals surface area contributed by atoms with E-state index in [0.29, 0.717) is 24.2 Å². The third kappa shape index (κ3) is 3.51. The first-order valence-electron chi connectivity index (χ1n) is 8.43. The zero-order chi connectivity index (χ0) is 18.0. The molecule has 25 heavy (non-hydrogen) atoms. The number of halogens is 1. The van der Waals surface area contributed by atoms with Crippen molar-refractivity contribution in [3.05, 3.63) is 44.3 Å². The average molecular weight is 408 g/mol. The minimum absolute atomic E-state index is 0.134. The second-order valence-corrected chi connectivity index (χ2v) is 6.67. The van der Waals surface area contributed by atoms with Crippen molar-refractivity contribution in [1.82, 2.24) is 9.78 Å². The second kappa shape index (κ2) is 7.47. The number of aromatic nitrogens is 2. The van der Waals surface area contributed by atoms with Crippen LogP contribution < -0.4 is 19.9 Å². The van der Waals surface area contributed by atoms with E-state index in [2.05, 4.69) is 38.1 Å². The summed E-state index contributed by atoms with van der Waals surface area (Å²) in [5, 5.41) is 4.14. The highest BCUT2D eigenvalue weighted by Crippen LogP contribution is 2.35. The fraction of sp³-hybridized carbons (Fsp3) is 0.444. The summed E-state index contributed by atoms with van der Waals surface area (Å²) in [4.78, 5) is 14.3. The molecule has 0 saturated carbocycles. The molecule has 1 aliphatic rings. The minimum atomic E-state index is -0.134. The summed E-state index contributed by atoms with van der Waals surface area (Å²) in [6.45, 7) is 6.65. The Bertz CT molecular complexity index is 835. The number of rotatable bonds is 5. The maximum Gasteiger partial charge on any atom is 0.282 e. The van der Waals surface area contributed by atoms with Crippen molar-refractivity contribution >= 4 is 21.6 Å². The van der Waals surface area contributed by atoms with E-state index in [4.69, 9.17) is 9.47 Å². The second-order valence-electron chi connectivity index (χ2n) is 5.88. The van der Waals surface area contributed by atoms with Crippen LogP contribution in [0.15, 0.2) is 27.6 Å². The fourth-order valence-corrected chi connectivity index (χ4v) is 3.64. The van der Waals surface area contributed by atoms with Crippen LogP contribution in [-0.4, -0.2) is 29.5 Å². The van der Waals surface area contributed by atoms with Crippen molar-refractivity contribution in [3.63, 3.8) is 0 Å². The van der Waals surface area contributed by atoms with Gasteiger partial charge in [0.2, 0.25) is 0 Å². The lowest BCUT2D eigenvalue weighted by Gasteiger charge is -2.31. The first-order valence-corrected chi connectivity index (χ1v) is 9.22. The summed E-state index contributed by atoms with van der Waals surface area (Å²) in [5.41, 5.74) is 3.13. The molecular formula is C18H22BrN3O3. The molecule has 3 rings (SSSR count). The Morgan fingerprint density at radius 1 is 1.16 bits per heavy atom. The quantitative estimate of drug-likeness (QED) is 0.762. The van der Waals surface area contributed by atoms with Gasteiger partial charge in [-0.25, -0.2) is 4.68 Å². The SMILES string of the molecule is CCOc1cc2c(cc1OCC)CN(c1cnn(C)c(=O)c1Br)CC2. The van der Waals surface area contributed by atoms with Gasteiger partial charge in [-0.3, -0.25) is 4.79 Å². The number of benzene rings is 1. The Balaban J connectivity index is 1.94. The molecule has 0 fully saturated rings. The molecule has 0 aliphatic carbocycles. The molecule has 2 aromatic rings. The Morgan fingerprint density at radius 3 is 2.44 bits per heavy atom.